The predicted molar refractivity (Wildman–Crippen MR) is 134 cm³/mol. The number of anilines is 1. The largest absolute Gasteiger partial charge is 0.493 e. The van der Waals surface area contributed by atoms with Crippen LogP contribution in [-0.4, -0.2) is 71.6 Å². The van der Waals surface area contributed by atoms with E-state index in [1.807, 2.05) is 19.1 Å². The molecule has 38 heavy (non-hydrogen) atoms. The minimum absolute atomic E-state index is 0.0372. The highest BCUT2D eigenvalue weighted by Gasteiger charge is 2.40. The van der Waals surface area contributed by atoms with Crippen molar-refractivity contribution in [1.29, 1.82) is 0 Å². The number of hydrogen-bond acceptors (Lipinski definition) is 12. The third kappa shape index (κ3) is 5.57. The van der Waals surface area contributed by atoms with Gasteiger partial charge < -0.3 is 33.7 Å². The van der Waals surface area contributed by atoms with E-state index < -0.39 is 30.4 Å². The highest BCUT2D eigenvalue weighted by Crippen LogP contribution is 2.40. The fourth-order valence-corrected chi connectivity index (χ4v) is 4.37. The Kier molecular flexibility index (Phi) is 8.15. The van der Waals surface area contributed by atoms with Crippen molar-refractivity contribution >= 4 is 28.9 Å². The fraction of sp³-hybridized carbons (Fsp3) is 0.480. The summed E-state index contributed by atoms with van der Waals surface area (Å²) in [5, 5.41) is 3.38. The maximum Gasteiger partial charge on any atom is 0.303 e. The molecule has 2 unspecified atom stereocenters. The molecule has 3 heterocycles. The molecule has 0 saturated carbocycles. The van der Waals surface area contributed by atoms with Gasteiger partial charge in [0, 0.05) is 20.3 Å². The minimum Gasteiger partial charge on any atom is -0.493 e. The molecule has 2 aromatic heterocycles. The summed E-state index contributed by atoms with van der Waals surface area (Å²) in [6, 6.07) is 3.51. The van der Waals surface area contributed by atoms with E-state index in [2.05, 4.69) is 20.3 Å². The molecule has 1 aliphatic rings. The second kappa shape index (κ2) is 11.5. The molecule has 1 aromatic carbocycles. The van der Waals surface area contributed by atoms with Crippen molar-refractivity contribution in [3.63, 3.8) is 0 Å². The summed E-state index contributed by atoms with van der Waals surface area (Å²) in [4.78, 5) is 36.2. The topological polar surface area (TPSA) is 145 Å². The highest BCUT2D eigenvalue weighted by atomic mass is 16.6. The van der Waals surface area contributed by atoms with E-state index in [9.17, 15) is 9.59 Å². The van der Waals surface area contributed by atoms with Gasteiger partial charge in [-0.15, -0.1) is 0 Å². The number of rotatable bonds is 10. The fourth-order valence-electron chi connectivity index (χ4n) is 4.37. The highest BCUT2D eigenvalue weighted by molar-refractivity contribution is 5.83. The number of carbonyl (C=O) groups excluding carboxylic acids is 2. The van der Waals surface area contributed by atoms with E-state index in [0.29, 0.717) is 40.7 Å². The van der Waals surface area contributed by atoms with E-state index in [0.717, 1.165) is 5.56 Å². The van der Waals surface area contributed by atoms with Gasteiger partial charge in [-0.2, -0.15) is 0 Å². The number of nitrogens with one attached hydrogen (secondary N) is 1. The van der Waals surface area contributed by atoms with Gasteiger partial charge in [0.2, 0.25) is 5.75 Å². The monoisotopic (exact) mass is 529 g/mol. The zero-order valence-corrected chi connectivity index (χ0v) is 22.1. The van der Waals surface area contributed by atoms with E-state index in [4.69, 9.17) is 28.4 Å². The van der Waals surface area contributed by atoms with Crippen LogP contribution in [0.1, 0.15) is 45.0 Å². The van der Waals surface area contributed by atoms with Gasteiger partial charge in [0.1, 0.15) is 31.4 Å². The lowest BCUT2D eigenvalue weighted by Gasteiger charge is -2.19. The third-order valence-corrected chi connectivity index (χ3v) is 6.16. The molecule has 0 bridgehead atoms. The maximum atomic E-state index is 11.6. The molecule has 0 amide bonds. The molecule has 0 radical (unpaired) electrons. The first kappa shape index (κ1) is 26.9. The first-order valence-electron chi connectivity index (χ1n) is 12.0. The number of nitrogens with zero attached hydrogens (tertiary/aromatic N) is 4. The van der Waals surface area contributed by atoms with Crippen LogP contribution in [0.3, 0.4) is 0 Å². The zero-order chi connectivity index (χ0) is 27.4. The van der Waals surface area contributed by atoms with Crippen LogP contribution in [0, 0.1) is 0 Å². The summed E-state index contributed by atoms with van der Waals surface area (Å²) in [7, 11) is 4.68. The quantitative estimate of drug-likeness (QED) is 0.385. The number of methoxy groups -OCH3 is 3. The molecular weight excluding hydrogens is 498 g/mol. The van der Waals surface area contributed by atoms with Gasteiger partial charge in [-0.3, -0.25) is 14.2 Å². The Bertz CT molecular complexity index is 1290. The van der Waals surface area contributed by atoms with Gasteiger partial charge in [-0.25, -0.2) is 15.0 Å². The lowest BCUT2D eigenvalue weighted by molar-refractivity contribution is -0.155. The summed E-state index contributed by atoms with van der Waals surface area (Å²) < 4.78 is 34.7. The van der Waals surface area contributed by atoms with Crippen molar-refractivity contribution in [2.45, 2.75) is 51.7 Å². The van der Waals surface area contributed by atoms with Gasteiger partial charge >= 0.3 is 11.9 Å². The van der Waals surface area contributed by atoms with E-state index in [1.165, 1.54) is 20.2 Å². The Labute approximate surface area is 219 Å². The van der Waals surface area contributed by atoms with Crippen molar-refractivity contribution in [2.75, 3.05) is 33.3 Å². The van der Waals surface area contributed by atoms with Crippen LogP contribution in [0.4, 0.5) is 5.82 Å². The smallest absolute Gasteiger partial charge is 0.303 e. The van der Waals surface area contributed by atoms with Crippen LogP contribution in [-0.2, 0) is 23.8 Å². The molecular formula is C25H31N5O8. The van der Waals surface area contributed by atoms with Crippen molar-refractivity contribution in [3.05, 3.63) is 30.4 Å². The number of esters is 2. The summed E-state index contributed by atoms with van der Waals surface area (Å²) >= 11 is 0. The molecule has 0 aliphatic carbocycles. The molecule has 13 nitrogen and oxygen atoms in total. The van der Waals surface area contributed by atoms with Crippen LogP contribution in [0.5, 0.6) is 17.2 Å². The van der Waals surface area contributed by atoms with Crippen LogP contribution >= 0.6 is 0 Å². The van der Waals surface area contributed by atoms with E-state index in [1.54, 1.807) is 32.2 Å². The number of benzene rings is 1. The first-order chi connectivity index (χ1) is 18.2. The number of carbonyl (C=O) groups is 2. The average Bonchev–Trinajstić information content (AvgIpc) is 3.50. The van der Waals surface area contributed by atoms with Gasteiger partial charge in [0.25, 0.3) is 0 Å². The molecule has 4 rings (SSSR count). The predicted octanol–water partition coefficient (Wildman–Crippen LogP) is 2.81. The summed E-state index contributed by atoms with van der Waals surface area (Å²) in [5.41, 5.74) is 1.93. The van der Waals surface area contributed by atoms with Crippen LogP contribution in [0.25, 0.3) is 11.2 Å². The Morgan fingerprint density at radius 1 is 1.08 bits per heavy atom. The van der Waals surface area contributed by atoms with Crippen LogP contribution < -0.4 is 19.5 Å². The van der Waals surface area contributed by atoms with Crippen LogP contribution in [0.15, 0.2) is 24.8 Å². The number of imidazole rings is 1. The molecule has 13 heteroatoms. The molecule has 1 N–H and O–H groups in total. The van der Waals surface area contributed by atoms with Crippen LogP contribution in [0.2, 0.25) is 0 Å². The molecule has 0 spiro atoms. The molecule has 1 fully saturated rings. The standard InChI is InChI=1S/C25H31N5O8/c1-13(16-7-18(33-4)23(35-6)19(8-16)34-5)29-24-22-25(27-11-26-24)30(12-28-22)21-9-17(37-15(3)32)20(38-21)10-36-14(2)31/h7-8,11-13,17,20-21H,9-10H2,1-6H3,(H,26,27,29)/t13?,17?,20-,21-/m1/s1. The molecule has 4 atom stereocenters. The Hall–Kier alpha value is -4.13. The second-order valence-corrected chi connectivity index (χ2v) is 8.69. The summed E-state index contributed by atoms with van der Waals surface area (Å²) in [6.45, 7) is 4.56. The summed E-state index contributed by atoms with van der Waals surface area (Å²) in [5.74, 6) is 1.20. The molecule has 1 saturated heterocycles. The number of fused-ring (bicyclic) bond motifs is 1. The SMILES string of the molecule is COc1cc(C(C)Nc2ncnc3c2ncn3[C@H]2CC(OC(C)=O)[C@@H](COC(C)=O)O2)cc(OC)c1OC. The van der Waals surface area contributed by atoms with E-state index >= 15 is 0 Å². The average molecular weight is 530 g/mol. The Morgan fingerprint density at radius 3 is 2.39 bits per heavy atom. The third-order valence-electron chi connectivity index (χ3n) is 6.16. The number of aromatic nitrogens is 4. The zero-order valence-electron chi connectivity index (χ0n) is 22.1. The lowest BCUT2D eigenvalue weighted by Crippen LogP contribution is -2.31. The van der Waals surface area contributed by atoms with Gasteiger partial charge in [0.05, 0.1) is 33.7 Å². The number of hydrogen-bond donors (Lipinski definition) is 1. The minimum atomic E-state index is -0.621. The second-order valence-electron chi connectivity index (χ2n) is 8.69. The number of ether oxygens (including phenoxy) is 6. The molecule has 3 aromatic rings. The maximum absolute atomic E-state index is 11.6. The summed E-state index contributed by atoms with van der Waals surface area (Å²) in [6.07, 6.45) is 1.61. The molecule has 1 aliphatic heterocycles. The van der Waals surface area contributed by atoms with Crippen molar-refractivity contribution in [3.8, 4) is 17.2 Å². The normalized spacial score (nSPS) is 19.6. The first-order valence-corrected chi connectivity index (χ1v) is 12.0. The lowest BCUT2D eigenvalue weighted by atomic mass is 10.1. The molecule has 204 valence electrons. The Balaban J connectivity index is 1.59. The van der Waals surface area contributed by atoms with Crippen molar-refractivity contribution in [2.24, 2.45) is 0 Å². The Morgan fingerprint density at radius 2 is 1.79 bits per heavy atom. The van der Waals surface area contributed by atoms with Crippen molar-refractivity contribution < 1.29 is 38.0 Å². The van der Waals surface area contributed by atoms with Crippen molar-refractivity contribution in [1.82, 2.24) is 19.5 Å². The van der Waals surface area contributed by atoms with E-state index in [-0.39, 0.29) is 12.6 Å². The van der Waals surface area contributed by atoms with Gasteiger partial charge in [-0.1, -0.05) is 0 Å². The van der Waals surface area contributed by atoms with Gasteiger partial charge in [0.15, 0.2) is 28.5 Å². The van der Waals surface area contributed by atoms with Gasteiger partial charge in [-0.05, 0) is 24.6 Å².